The molecule has 1 aliphatic carbocycles. The molecular weight excluding hydrogens is 250 g/mol. The van der Waals surface area contributed by atoms with Gasteiger partial charge in [-0.1, -0.05) is 6.92 Å². The van der Waals surface area contributed by atoms with Gasteiger partial charge in [-0.3, -0.25) is 4.79 Å². The summed E-state index contributed by atoms with van der Waals surface area (Å²) in [5.74, 6) is 0. The minimum atomic E-state index is 0.249. The van der Waals surface area contributed by atoms with Crippen molar-refractivity contribution in [2.45, 2.75) is 51.7 Å². The van der Waals surface area contributed by atoms with Crippen LogP contribution in [0.5, 0.6) is 0 Å². The van der Waals surface area contributed by atoms with Gasteiger partial charge in [-0.25, -0.2) is 0 Å². The Hall–Kier alpha value is -1.13. The predicted octanol–water partition coefficient (Wildman–Crippen LogP) is 1.67. The third kappa shape index (κ3) is 2.67. The molecule has 1 aliphatic heterocycles. The van der Waals surface area contributed by atoms with Crippen molar-refractivity contribution in [1.82, 2.24) is 14.8 Å². The zero-order chi connectivity index (χ0) is 14.1. The van der Waals surface area contributed by atoms with Gasteiger partial charge < -0.3 is 14.8 Å². The molecule has 4 heteroatoms. The van der Waals surface area contributed by atoms with Crippen molar-refractivity contribution >= 4 is 0 Å². The fourth-order valence-corrected chi connectivity index (χ4v) is 3.12. The highest BCUT2D eigenvalue weighted by atomic mass is 16.1. The van der Waals surface area contributed by atoms with Gasteiger partial charge in [-0.05, 0) is 44.5 Å². The second-order valence-electron chi connectivity index (χ2n) is 6.21. The minimum Gasteiger partial charge on any atom is -0.312 e. The molecule has 0 spiro atoms. The molecule has 0 atom stereocenters. The van der Waals surface area contributed by atoms with Gasteiger partial charge in [-0.2, -0.15) is 0 Å². The van der Waals surface area contributed by atoms with E-state index in [0.717, 1.165) is 38.0 Å². The average molecular weight is 275 g/mol. The lowest BCUT2D eigenvalue weighted by molar-refractivity contribution is 0.303. The highest BCUT2D eigenvalue weighted by Gasteiger charge is 2.30. The summed E-state index contributed by atoms with van der Waals surface area (Å²) in [5.41, 5.74) is 3.85. The number of fused-ring (bicyclic) bond motifs is 1. The monoisotopic (exact) mass is 275 g/mol. The van der Waals surface area contributed by atoms with Crippen LogP contribution < -0.4 is 10.9 Å². The van der Waals surface area contributed by atoms with E-state index in [1.54, 1.807) is 0 Å². The summed E-state index contributed by atoms with van der Waals surface area (Å²) < 4.78 is 2.12. The molecule has 0 amide bonds. The van der Waals surface area contributed by atoms with Crippen LogP contribution in [0.15, 0.2) is 10.9 Å². The van der Waals surface area contributed by atoms with Crippen LogP contribution in [0.3, 0.4) is 0 Å². The number of pyridine rings is 1. The highest BCUT2D eigenvalue weighted by molar-refractivity contribution is 5.30. The van der Waals surface area contributed by atoms with E-state index < -0.39 is 0 Å². The van der Waals surface area contributed by atoms with Crippen LogP contribution in [-0.2, 0) is 19.5 Å². The topological polar surface area (TPSA) is 37.3 Å². The third-order valence-electron chi connectivity index (χ3n) is 4.33. The normalized spacial score (nSPS) is 19.1. The lowest BCUT2D eigenvalue weighted by atomic mass is 10.0. The number of nitrogens with zero attached hydrogens (tertiary/aromatic N) is 2. The van der Waals surface area contributed by atoms with E-state index in [2.05, 4.69) is 34.8 Å². The molecular formula is C16H25N3O. The van der Waals surface area contributed by atoms with Crippen molar-refractivity contribution in [2.24, 2.45) is 0 Å². The van der Waals surface area contributed by atoms with Crippen LogP contribution in [0.2, 0.25) is 0 Å². The number of hydrogen-bond donors (Lipinski definition) is 1. The van der Waals surface area contributed by atoms with Crippen molar-refractivity contribution in [3.8, 4) is 0 Å². The smallest absolute Gasteiger partial charge is 0.255 e. The van der Waals surface area contributed by atoms with Crippen molar-refractivity contribution < 1.29 is 0 Å². The Kier molecular flexibility index (Phi) is 3.94. The standard InChI is InChI=1S/C16H25N3O/c1-3-7-17-10-12-9-13-11-18(2)8-6-15(13)19(16(12)20)14-4-5-14/h9,14,17H,3-8,10-11H2,1-2H3. The van der Waals surface area contributed by atoms with Gasteiger partial charge in [0.2, 0.25) is 0 Å². The van der Waals surface area contributed by atoms with E-state index >= 15 is 0 Å². The molecule has 0 radical (unpaired) electrons. The molecule has 0 aromatic carbocycles. The summed E-state index contributed by atoms with van der Waals surface area (Å²) in [4.78, 5) is 15.0. The summed E-state index contributed by atoms with van der Waals surface area (Å²) in [7, 11) is 2.16. The van der Waals surface area contributed by atoms with Crippen molar-refractivity contribution in [1.29, 1.82) is 0 Å². The SMILES string of the molecule is CCCNCc1cc2c(n(C3CC3)c1=O)CCN(C)C2. The first-order valence-electron chi connectivity index (χ1n) is 7.86. The van der Waals surface area contributed by atoms with Gasteiger partial charge in [0.05, 0.1) is 0 Å². The maximum absolute atomic E-state index is 12.7. The molecule has 0 unspecified atom stereocenters. The van der Waals surface area contributed by atoms with Crippen molar-refractivity contribution in [3.63, 3.8) is 0 Å². The summed E-state index contributed by atoms with van der Waals surface area (Å²) >= 11 is 0. The number of rotatable bonds is 5. The summed E-state index contributed by atoms with van der Waals surface area (Å²) in [6.07, 6.45) is 4.47. The summed E-state index contributed by atoms with van der Waals surface area (Å²) in [6.45, 7) is 5.86. The predicted molar refractivity (Wildman–Crippen MR) is 81.0 cm³/mol. The Morgan fingerprint density at radius 2 is 2.20 bits per heavy atom. The van der Waals surface area contributed by atoms with Gasteiger partial charge in [0.1, 0.15) is 0 Å². The first-order chi connectivity index (χ1) is 9.70. The van der Waals surface area contributed by atoms with Gasteiger partial charge in [0.15, 0.2) is 0 Å². The Bertz CT molecular complexity index is 545. The van der Waals surface area contributed by atoms with Gasteiger partial charge in [0, 0.05) is 43.4 Å². The minimum absolute atomic E-state index is 0.249. The molecule has 110 valence electrons. The van der Waals surface area contributed by atoms with E-state index in [9.17, 15) is 4.79 Å². The van der Waals surface area contributed by atoms with E-state index in [1.807, 2.05) is 0 Å². The Morgan fingerprint density at radius 1 is 1.40 bits per heavy atom. The van der Waals surface area contributed by atoms with Crippen molar-refractivity contribution in [2.75, 3.05) is 20.1 Å². The lowest BCUT2D eigenvalue weighted by Crippen LogP contribution is -2.36. The molecule has 20 heavy (non-hydrogen) atoms. The first-order valence-corrected chi connectivity index (χ1v) is 7.86. The van der Waals surface area contributed by atoms with Crippen LogP contribution in [0, 0.1) is 0 Å². The molecule has 1 N–H and O–H groups in total. The second-order valence-corrected chi connectivity index (χ2v) is 6.21. The molecule has 1 fully saturated rings. The second kappa shape index (κ2) is 5.70. The van der Waals surface area contributed by atoms with Crippen molar-refractivity contribution in [3.05, 3.63) is 33.2 Å². The zero-order valence-electron chi connectivity index (χ0n) is 12.6. The molecule has 2 aliphatic rings. The van der Waals surface area contributed by atoms with Crippen LogP contribution in [-0.4, -0.2) is 29.6 Å². The van der Waals surface area contributed by atoms with Gasteiger partial charge in [0.25, 0.3) is 5.56 Å². The summed E-state index contributed by atoms with van der Waals surface area (Å²) in [5, 5.41) is 3.37. The van der Waals surface area contributed by atoms with Crippen LogP contribution in [0.25, 0.3) is 0 Å². The van der Waals surface area contributed by atoms with Crippen LogP contribution in [0.1, 0.15) is 49.0 Å². The molecule has 2 heterocycles. The fourth-order valence-electron chi connectivity index (χ4n) is 3.12. The van der Waals surface area contributed by atoms with Crippen LogP contribution >= 0.6 is 0 Å². The third-order valence-corrected chi connectivity index (χ3v) is 4.33. The Balaban J connectivity index is 1.96. The molecule has 3 rings (SSSR count). The number of likely N-dealkylation sites (N-methyl/N-ethyl adjacent to an activating group) is 1. The highest BCUT2D eigenvalue weighted by Crippen LogP contribution is 2.36. The molecule has 1 aromatic heterocycles. The Labute approximate surface area is 120 Å². The van der Waals surface area contributed by atoms with E-state index in [-0.39, 0.29) is 5.56 Å². The average Bonchev–Trinajstić information content (AvgIpc) is 3.24. The zero-order valence-corrected chi connectivity index (χ0v) is 12.6. The fraction of sp³-hybridized carbons (Fsp3) is 0.688. The van der Waals surface area contributed by atoms with Crippen LogP contribution in [0.4, 0.5) is 0 Å². The summed E-state index contributed by atoms with van der Waals surface area (Å²) in [6, 6.07) is 2.63. The molecule has 0 bridgehead atoms. The number of hydrogen-bond acceptors (Lipinski definition) is 3. The van der Waals surface area contributed by atoms with E-state index in [4.69, 9.17) is 0 Å². The Morgan fingerprint density at radius 3 is 2.90 bits per heavy atom. The molecule has 4 nitrogen and oxygen atoms in total. The molecule has 1 saturated carbocycles. The number of nitrogens with one attached hydrogen (secondary N) is 1. The molecule has 1 aromatic rings. The van der Waals surface area contributed by atoms with Gasteiger partial charge >= 0.3 is 0 Å². The maximum atomic E-state index is 12.7. The first kappa shape index (κ1) is 13.8. The van der Waals surface area contributed by atoms with E-state index in [1.165, 1.54) is 24.1 Å². The maximum Gasteiger partial charge on any atom is 0.255 e. The van der Waals surface area contributed by atoms with Gasteiger partial charge in [-0.15, -0.1) is 0 Å². The van der Waals surface area contributed by atoms with E-state index in [0.29, 0.717) is 12.6 Å². The number of aromatic nitrogens is 1. The lowest BCUT2D eigenvalue weighted by Gasteiger charge is -2.28. The largest absolute Gasteiger partial charge is 0.312 e. The quantitative estimate of drug-likeness (QED) is 0.831. The molecule has 0 saturated heterocycles.